The first kappa shape index (κ1) is 17.4. The molecule has 0 saturated heterocycles. The molecule has 0 heterocycles. The van der Waals surface area contributed by atoms with Crippen LogP contribution in [0.15, 0.2) is 11.6 Å². The molecule has 3 saturated carbocycles. The summed E-state index contributed by atoms with van der Waals surface area (Å²) >= 11 is 0. The normalized spacial score (nSPS) is 49.0. The van der Waals surface area contributed by atoms with Crippen LogP contribution in [0.25, 0.3) is 0 Å². The van der Waals surface area contributed by atoms with E-state index in [4.69, 9.17) is 0 Å². The highest BCUT2D eigenvalue weighted by Crippen LogP contribution is 2.67. The fourth-order valence-electron chi connectivity index (χ4n) is 7.16. The molecule has 138 valence electrons. The third kappa shape index (κ3) is 2.13. The molecule has 0 bridgehead atoms. The van der Waals surface area contributed by atoms with Gasteiger partial charge in [0.05, 0.1) is 0 Å². The Kier molecular flexibility index (Phi) is 3.83. The van der Waals surface area contributed by atoms with Gasteiger partial charge in [-0.1, -0.05) is 19.4 Å². The number of aliphatic hydroxyl groups is 2. The predicted octanol–water partition coefficient (Wildman–Crippen LogP) is 2.81. The molecule has 4 rings (SSSR count). The number of ketones is 2. The van der Waals surface area contributed by atoms with E-state index in [-0.39, 0.29) is 11.2 Å². The number of Topliss-reactive ketones (excluding diaryl/α,β-unsaturated/α-hetero) is 1. The van der Waals surface area contributed by atoms with Gasteiger partial charge in [-0.05, 0) is 74.2 Å². The zero-order valence-electron chi connectivity index (χ0n) is 15.4. The first-order valence-corrected chi connectivity index (χ1v) is 9.87. The Labute approximate surface area is 149 Å². The fourth-order valence-corrected chi connectivity index (χ4v) is 7.16. The molecule has 2 N–H and O–H groups in total. The molecule has 25 heavy (non-hydrogen) atoms. The van der Waals surface area contributed by atoms with E-state index < -0.39 is 23.4 Å². The van der Waals surface area contributed by atoms with Crippen molar-refractivity contribution in [3.63, 3.8) is 0 Å². The average molecular weight is 346 g/mol. The van der Waals surface area contributed by atoms with E-state index in [9.17, 15) is 19.8 Å². The summed E-state index contributed by atoms with van der Waals surface area (Å²) in [7, 11) is 0. The lowest BCUT2D eigenvalue weighted by Gasteiger charge is -2.58. The maximum atomic E-state index is 12.3. The van der Waals surface area contributed by atoms with Gasteiger partial charge in [-0.3, -0.25) is 9.59 Å². The summed E-state index contributed by atoms with van der Waals surface area (Å²) in [4.78, 5) is 24.2. The maximum Gasteiger partial charge on any atom is 0.190 e. The molecule has 0 unspecified atom stereocenters. The van der Waals surface area contributed by atoms with Crippen molar-refractivity contribution in [3.8, 4) is 0 Å². The quantitative estimate of drug-likeness (QED) is 0.806. The second kappa shape index (κ2) is 5.50. The van der Waals surface area contributed by atoms with Crippen molar-refractivity contribution < 1.29 is 19.8 Å². The molecule has 0 aliphatic heterocycles. The molecule has 4 heteroatoms. The van der Waals surface area contributed by atoms with Crippen LogP contribution in [0.4, 0.5) is 0 Å². The van der Waals surface area contributed by atoms with Gasteiger partial charge in [-0.25, -0.2) is 0 Å². The van der Waals surface area contributed by atoms with Gasteiger partial charge < -0.3 is 10.2 Å². The average Bonchev–Trinajstić information content (AvgIpc) is 2.87. The van der Waals surface area contributed by atoms with E-state index in [1.807, 2.05) is 6.08 Å². The lowest BCUT2D eigenvalue weighted by molar-refractivity contribution is -0.164. The van der Waals surface area contributed by atoms with E-state index in [2.05, 4.69) is 13.8 Å². The number of aliphatic hydroxyl groups excluding tert-OH is 1. The minimum Gasteiger partial charge on any atom is -0.388 e. The van der Waals surface area contributed by atoms with E-state index in [1.54, 1.807) is 0 Å². The van der Waals surface area contributed by atoms with E-state index >= 15 is 0 Å². The van der Waals surface area contributed by atoms with Crippen LogP contribution in [-0.4, -0.2) is 34.0 Å². The molecule has 4 nitrogen and oxygen atoms in total. The van der Waals surface area contributed by atoms with Gasteiger partial charge in [0, 0.05) is 11.8 Å². The molecule has 0 aromatic carbocycles. The first-order chi connectivity index (χ1) is 11.8. The number of rotatable bonds is 2. The molecule has 0 amide bonds. The third-order valence-electron chi connectivity index (χ3n) is 8.72. The summed E-state index contributed by atoms with van der Waals surface area (Å²) in [5.41, 5.74) is -0.333. The van der Waals surface area contributed by atoms with Crippen molar-refractivity contribution in [2.45, 2.75) is 70.8 Å². The Morgan fingerprint density at radius 1 is 1.12 bits per heavy atom. The van der Waals surface area contributed by atoms with Gasteiger partial charge in [0.1, 0.15) is 12.2 Å². The van der Waals surface area contributed by atoms with Gasteiger partial charge >= 0.3 is 0 Å². The molecule has 6 atom stereocenters. The van der Waals surface area contributed by atoms with Crippen LogP contribution in [0.3, 0.4) is 0 Å². The number of carbonyl (C=O) groups is 2. The molecule has 0 spiro atoms. The second-order valence-electron chi connectivity index (χ2n) is 9.41. The van der Waals surface area contributed by atoms with E-state index in [1.165, 1.54) is 5.57 Å². The summed E-state index contributed by atoms with van der Waals surface area (Å²) < 4.78 is 0. The maximum absolute atomic E-state index is 12.3. The van der Waals surface area contributed by atoms with Crippen molar-refractivity contribution in [2.75, 3.05) is 6.61 Å². The number of hydrogen-bond acceptors (Lipinski definition) is 4. The zero-order chi connectivity index (χ0) is 18.0. The van der Waals surface area contributed by atoms with Crippen LogP contribution in [0.2, 0.25) is 0 Å². The molecule has 4 aliphatic rings. The fraction of sp³-hybridized carbons (Fsp3) is 0.810. The highest BCUT2D eigenvalue weighted by Gasteiger charge is 2.65. The van der Waals surface area contributed by atoms with Crippen molar-refractivity contribution in [1.29, 1.82) is 0 Å². The summed E-state index contributed by atoms with van der Waals surface area (Å²) in [6, 6.07) is 0. The molecule has 0 radical (unpaired) electrons. The Hall–Kier alpha value is -1.00. The summed E-state index contributed by atoms with van der Waals surface area (Å²) in [5, 5.41) is 20.5. The third-order valence-corrected chi connectivity index (χ3v) is 8.72. The van der Waals surface area contributed by atoms with Crippen LogP contribution < -0.4 is 0 Å². The molecular formula is C21H30O4. The predicted molar refractivity (Wildman–Crippen MR) is 93.8 cm³/mol. The monoisotopic (exact) mass is 346 g/mol. The Balaban J connectivity index is 1.68. The van der Waals surface area contributed by atoms with Crippen LogP contribution >= 0.6 is 0 Å². The molecule has 0 aromatic rings. The summed E-state index contributed by atoms with van der Waals surface area (Å²) in [6.07, 6.45) is 8.72. The standard InChI is InChI=1S/C21H30O4/c1-19-8-5-14(23)11-13(19)3-4-15-16(19)6-9-20(2)17(15)7-10-21(20,25)18(24)12-22/h11,15-17,22,25H,3-10,12H2,1-2H3/t15-,16-,17-,19-,20+,21-/m1/s1. The summed E-state index contributed by atoms with van der Waals surface area (Å²) in [6.45, 7) is 3.84. The minimum absolute atomic E-state index is 0.111. The second-order valence-corrected chi connectivity index (χ2v) is 9.41. The lowest BCUT2D eigenvalue weighted by atomic mass is 9.46. The van der Waals surface area contributed by atoms with Gasteiger partial charge in [0.2, 0.25) is 0 Å². The van der Waals surface area contributed by atoms with E-state index in [0.29, 0.717) is 30.6 Å². The van der Waals surface area contributed by atoms with Gasteiger partial charge in [-0.2, -0.15) is 0 Å². The number of fused-ring (bicyclic) bond motifs is 5. The SMILES string of the molecule is C[C@]12CC[C@@H]3[C@@H](CCC4=CC(=O)CC[C@]43C)[C@H]1CC[C@@]2(O)C(=O)CO. The highest BCUT2D eigenvalue weighted by molar-refractivity contribution is 5.91. The largest absolute Gasteiger partial charge is 0.388 e. The Morgan fingerprint density at radius 3 is 2.56 bits per heavy atom. The first-order valence-electron chi connectivity index (χ1n) is 9.87. The minimum atomic E-state index is -1.36. The van der Waals surface area contributed by atoms with Crippen LogP contribution in [0.5, 0.6) is 0 Å². The Morgan fingerprint density at radius 2 is 1.84 bits per heavy atom. The van der Waals surface area contributed by atoms with Crippen LogP contribution in [0, 0.1) is 28.6 Å². The van der Waals surface area contributed by atoms with Crippen LogP contribution in [-0.2, 0) is 9.59 Å². The number of hydrogen-bond donors (Lipinski definition) is 2. The topological polar surface area (TPSA) is 74.6 Å². The molecular weight excluding hydrogens is 316 g/mol. The molecule has 3 fully saturated rings. The lowest BCUT2D eigenvalue weighted by Crippen LogP contribution is -2.58. The molecule has 4 aliphatic carbocycles. The van der Waals surface area contributed by atoms with Crippen molar-refractivity contribution in [1.82, 2.24) is 0 Å². The number of allylic oxidation sites excluding steroid dienone is 1. The highest BCUT2D eigenvalue weighted by atomic mass is 16.3. The van der Waals surface area contributed by atoms with E-state index in [0.717, 1.165) is 38.5 Å². The smallest absolute Gasteiger partial charge is 0.190 e. The molecule has 0 aromatic heterocycles. The number of carbonyl (C=O) groups excluding carboxylic acids is 2. The van der Waals surface area contributed by atoms with Gasteiger partial charge in [-0.15, -0.1) is 0 Å². The summed E-state index contributed by atoms with van der Waals surface area (Å²) in [5.74, 6) is 1.26. The van der Waals surface area contributed by atoms with Crippen molar-refractivity contribution in [2.24, 2.45) is 28.6 Å². The van der Waals surface area contributed by atoms with Gasteiger partial charge in [0.25, 0.3) is 0 Å². The zero-order valence-corrected chi connectivity index (χ0v) is 15.4. The van der Waals surface area contributed by atoms with Crippen molar-refractivity contribution in [3.05, 3.63) is 11.6 Å². The van der Waals surface area contributed by atoms with Crippen LogP contribution in [0.1, 0.15) is 65.2 Å². The Bertz CT molecular complexity index is 652. The van der Waals surface area contributed by atoms with Gasteiger partial charge in [0.15, 0.2) is 11.6 Å². The van der Waals surface area contributed by atoms with Crippen molar-refractivity contribution >= 4 is 11.6 Å².